The van der Waals surface area contributed by atoms with Gasteiger partial charge in [-0.05, 0) is 30.4 Å². The van der Waals surface area contributed by atoms with E-state index in [4.69, 9.17) is 0 Å². The van der Waals surface area contributed by atoms with Crippen LogP contribution in [0.1, 0.15) is 40.6 Å². The van der Waals surface area contributed by atoms with E-state index in [-0.39, 0.29) is 5.91 Å². The maximum absolute atomic E-state index is 12.5. The van der Waals surface area contributed by atoms with Crippen LogP contribution in [0.15, 0.2) is 29.0 Å². The number of nitrogens with one attached hydrogen (secondary N) is 1. The lowest BCUT2D eigenvalue weighted by molar-refractivity contribution is 0.0778. The largest absolute Gasteiger partial charge is 0.334 e. The van der Waals surface area contributed by atoms with E-state index in [1.54, 1.807) is 34.6 Å². The Kier molecular flexibility index (Phi) is 3.74. The third-order valence-electron chi connectivity index (χ3n) is 3.86. The van der Waals surface area contributed by atoms with Crippen LogP contribution in [0, 0.1) is 0 Å². The van der Waals surface area contributed by atoms with E-state index in [2.05, 4.69) is 21.2 Å². The highest BCUT2D eigenvalue weighted by Crippen LogP contribution is 2.39. The molecular formula is C16H16N4OS2. The van der Waals surface area contributed by atoms with E-state index in [0.717, 1.165) is 21.3 Å². The molecule has 1 amide bonds. The minimum absolute atomic E-state index is 0.0705. The summed E-state index contributed by atoms with van der Waals surface area (Å²) >= 11 is 3.29. The Hall–Kier alpha value is -1.99. The summed E-state index contributed by atoms with van der Waals surface area (Å²) in [5.74, 6) is 0.500. The van der Waals surface area contributed by atoms with Crippen molar-refractivity contribution >= 4 is 28.6 Å². The van der Waals surface area contributed by atoms with Crippen LogP contribution in [0.3, 0.4) is 0 Å². The zero-order valence-electron chi connectivity index (χ0n) is 12.7. The molecule has 118 valence electrons. The van der Waals surface area contributed by atoms with Crippen LogP contribution in [-0.2, 0) is 6.54 Å². The van der Waals surface area contributed by atoms with Crippen LogP contribution >= 0.6 is 22.7 Å². The van der Waals surface area contributed by atoms with Gasteiger partial charge in [0.15, 0.2) is 0 Å². The van der Waals surface area contributed by atoms with Gasteiger partial charge >= 0.3 is 0 Å². The molecule has 0 spiro atoms. The van der Waals surface area contributed by atoms with Crippen LogP contribution in [0.4, 0.5) is 0 Å². The molecule has 1 fully saturated rings. The molecule has 1 N–H and O–H groups in total. The van der Waals surface area contributed by atoms with E-state index in [1.807, 2.05) is 22.9 Å². The van der Waals surface area contributed by atoms with Crippen LogP contribution in [0.5, 0.6) is 0 Å². The van der Waals surface area contributed by atoms with Crippen molar-refractivity contribution in [3.05, 3.63) is 46.0 Å². The van der Waals surface area contributed by atoms with Crippen molar-refractivity contribution in [2.45, 2.75) is 25.3 Å². The predicted molar refractivity (Wildman–Crippen MR) is 91.8 cm³/mol. The Morgan fingerprint density at radius 1 is 1.43 bits per heavy atom. The first-order chi connectivity index (χ1) is 11.2. The fraction of sp³-hybridized carbons (Fsp3) is 0.312. The Morgan fingerprint density at radius 3 is 3.04 bits per heavy atom. The molecule has 0 aromatic carbocycles. The third kappa shape index (κ3) is 3.07. The van der Waals surface area contributed by atoms with Gasteiger partial charge in [-0.25, -0.2) is 4.98 Å². The van der Waals surface area contributed by atoms with Crippen LogP contribution < -0.4 is 0 Å². The van der Waals surface area contributed by atoms with E-state index >= 15 is 0 Å². The predicted octanol–water partition coefficient (Wildman–Crippen LogP) is 3.74. The minimum Gasteiger partial charge on any atom is -0.334 e. The molecule has 0 radical (unpaired) electrons. The van der Waals surface area contributed by atoms with Gasteiger partial charge in [-0.15, -0.1) is 22.7 Å². The SMILES string of the molecule is CN(Cc1csc(-c2cccs2)n1)C(=O)c1cc(C2CC2)[nH]n1. The number of carbonyl (C=O) groups is 1. The first-order valence-electron chi connectivity index (χ1n) is 7.50. The molecule has 3 heterocycles. The third-order valence-corrected chi connectivity index (χ3v) is 5.79. The average molecular weight is 344 g/mol. The second kappa shape index (κ2) is 5.90. The molecule has 1 aliphatic carbocycles. The summed E-state index contributed by atoms with van der Waals surface area (Å²) in [6.07, 6.45) is 2.38. The first-order valence-corrected chi connectivity index (χ1v) is 9.25. The first kappa shape index (κ1) is 14.6. The molecule has 0 unspecified atom stereocenters. The molecule has 7 heteroatoms. The number of aromatic amines is 1. The lowest BCUT2D eigenvalue weighted by Gasteiger charge is -2.13. The van der Waals surface area contributed by atoms with Crippen LogP contribution in [0.2, 0.25) is 0 Å². The molecule has 4 rings (SSSR count). The highest BCUT2D eigenvalue weighted by molar-refractivity contribution is 7.20. The van der Waals surface area contributed by atoms with E-state index in [0.29, 0.717) is 18.2 Å². The minimum atomic E-state index is -0.0705. The normalized spacial score (nSPS) is 14.1. The monoisotopic (exact) mass is 344 g/mol. The molecule has 0 saturated heterocycles. The Labute approximate surface area is 142 Å². The van der Waals surface area contributed by atoms with Crippen LogP contribution in [-0.4, -0.2) is 33.0 Å². The van der Waals surface area contributed by atoms with Crippen molar-refractivity contribution in [3.8, 4) is 9.88 Å². The summed E-state index contributed by atoms with van der Waals surface area (Å²) in [4.78, 5) is 19.9. The number of carbonyl (C=O) groups excluding carboxylic acids is 1. The Bertz CT molecular complexity index is 817. The van der Waals surface area contributed by atoms with E-state index in [9.17, 15) is 4.79 Å². The second-order valence-corrected chi connectivity index (χ2v) is 7.57. The smallest absolute Gasteiger partial charge is 0.274 e. The Balaban J connectivity index is 1.44. The number of thiophene rings is 1. The zero-order chi connectivity index (χ0) is 15.8. The van der Waals surface area contributed by atoms with Gasteiger partial charge in [-0.3, -0.25) is 9.89 Å². The molecule has 1 saturated carbocycles. The lowest BCUT2D eigenvalue weighted by Crippen LogP contribution is -2.26. The fourth-order valence-electron chi connectivity index (χ4n) is 2.45. The summed E-state index contributed by atoms with van der Waals surface area (Å²) in [5, 5.41) is 12.2. The molecule has 1 aliphatic rings. The van der Waals surface area contributed by atoms with Crippen molar-refractivity contribution < 1.29 is 4.79 Å². The van der Waals surface area contributed by atoms with Crippen molar-refractivity contribution in [3.63, 3.8) is 0 Å². The number of nitrogens with zero attached hydrogens (tertiary/aromatic N) is 3. The summed E-state index contributed by atoms with van der Waals surface area (Å²) < 4.78 is 0. The highest BCUT2D eigenvalue weighted by Gasteiger charge is 2.27. The zero-order valence-corrected chi connectivity index (χ0v) is 14.3. The number of amides is 1. The second-order valence-electron chi connectivity index (χ2n) is 5.77. The van der Waals surface area contributed by atoms with E-state index < -0.39 is 0 Å². The maximum atomic E-state index is 12.5. The van der Waals surface area contributed by atoms with Crippen molar-refractivity contribution in [2.24, 2.45) is 0 Å². The van der Waals surface area contributed by atoms with Crippen molar-refractivity contribution in [1.29, 1.82) is 0 Å². The molecule has 0 atom stereocenters. The number of hydrogen-bond acceptors (Lipinski definition) is 5. The topological polar surface area (TPSA) is 61.9 Å². The molecule has 3 aromatic heterocycles. The van der Waals surface area contributed by atoms with Crippen molar-refractivity contribution in [2.75, 3.05) is 7.05 Å². The number of H-pyrrole nitrogens is 1. The molecule has 5 nitrogen and oxygen atoms in total. The van der Waals surface area contributed by atoms with Crippen LogP contribution in [0.25, 0.3) is 9.88 Å². The molecule has 0 aliphatic heterocycles. The number of hydrogen-bond donors (Lipinski definition) is 1. The number of thiazole rings is 1. The van der Waals surface area contributed by atoms with Gasteiger partial charge in [0, 0.05) is 24.0 Å². The number of rotatable bonds is 5. The molecular weight excluding hydrogens is 328 g/mol. The summed E-state index contributed by atoms with van der Waals surface area (Å²) in [6, 6.07) is 5.96. The summed E-state index contributed by atoms with van der Waals surface area (Å²) in [7, 11) is 1.79. The molecule has 23 heavy (non-hydrogen) atoms. The summed E-state index contributed by atoms with van der Waals surface area (Å²) in [5.41, 5.74) is 2.48. The Morgan fingerprint density at radius 2 is 2.30 bits per heavy atom. The lowest BCUT2D eigenvalue weighted by atomic mass is 10.2. The van der Waals surface area contributed by atoms with Gasteiger partial charge in [0.05, 0.1) is 17.1 Å². The van der Waals surface area contributed by atoms with Gasteiger partial charge in [-0.2, -0.15) is 5.10 Å². The quantitative estimate of drug-likeness (QED) is 0.767. The fourth-order valence-corrected chi connectivity index (χ4v) is 4.08. The van der Waals surface area contributed by atoms with Gasteiger partial charge in [0.2, 0.25) is 0 Å². The number of aromatic nitrogens is 3. The van der Waals surface area contributed by atoms with Gasteiger partial charge in [-0.1, -0.05) is 6.07 Å². The highest BCUT2D eigenvalue weighted by atomic mass is 32.1. The van der Waals surface area contributed by atoms with Crippen molar-refractivity contribution in [1.82, 2.24) is 20.1 Å². The van der Waals surface area contributed by atoms with E-state index in [1.165, 1.54) is 12.8 Å². The summed E-state index contributed by atoms with van der Waals surface area (Å²) in [6.45, 7) is 0.492. The van der Waals surface area contributed by atoms with Gasteiger partial charge < -0.3 is 4.90 Å². The average Bonchev–Trinajstić information content (AvgIpc) is 3.02. The maximum Gasteiger partial charge on any atom is 0.274 e. The molecule has 0 bridgehead atoms. The molecule has 3 aromatic rings. The standard InChI is InChI=1S/C16H16N4OS2/c1-20(16(21)13-7-12(18-19-13)10-4-5-10)8-11-9-23-15(17-11)14-3-2-6-22-14/h2-3,6-7,9-10H,4-5,8H2,1H3,(H,18,19). The van der Waals surface area contributed by atoms with Gasteiger partial charge in [0.25, 0.3) is 5.91 Å². The van der Waals surface area contributed by atoms with Gasteiger partial charge in [0.1, 0.15) is 10.7 Å².